The number of benzene rings is 2. The van der Waals surface area contributed by atoms with E-state index < -0.39 is 0 Å². The Hall–Kier alpha value is -2.36. The Balaban J connectivity index is 1.86. The minimum Gasteiger partial charge on any atom is -0.334 e. The zero-order valence-corrected chi connectivity index (χ0v) is 12.2. The van der Waals surface area contributed by atoms with Gasteiger partial charge in [0.05, 0.1) is 6.04 Å². The fourth-order valence-corrected chi connectivity index (χ4v) is 2.07. The largest absolute Gasteiger partial charge is 0.334 e. The second-order valence-corrected chi connectivity index (χ2v) is 5.04. The first kappa shape index (κ1) is 15.0. The van der Waals surface area contributed by atoms with E-state index in [2.05, 4.69) is 10.6 Å². The molecule has 2 amide bonds. The Kier molecular flexibility index (Phi) is 4.93. The number of nitrogens with one attached hydrogen (secondary N) is 2. The number of urea groups is 1. The fourth-order valence-electron chi connectivity index (χ4n) is 2.07. The number of carbonyl (C=O) groups excluding carboxylic acids is 1. The molecule has 0 spiro atoms. The van der Waals surface area contributed by atoms with E-state index in [0.29, 0.717) is 12.1 Å². The lowest BCUT2D eigenvalue weighted by molar-refractivity contribution is 0.237. The predicted molar refractivity (Wildman–Crippen MR) is 81.4 cm³/mol. The summed E-state index contributed by atoms with van der Waals surface area (Å²) in [5.74, 6) is -0.235. The van der Waals surface area contributed by atoms with E-state index in [1.54, 1.807) is 19.1 Å². The van der Waals surface area contributed by atoms with Crippen molar-refractivity contribution in [1.82, 2.24) is 10.6 Å². The van der Waals surface area contributed by atoms with Gasteiger partial charge in [0.25, 0.3) is 0 Å². The smallest absolute Gasteiger partial charge is 0.315 e. The summed E-state index contributed by atoms with van der Waals surface area (Å²) in [6.07, 6.45) is 0. The van der Waals surface area contributed by atoms with E-state index in [-0.39, 0.29) is 17.9 Å². The van der Waals surface area contributed by atoms with Gasteiger partial charge in [-0.15, -0.1) is 0 Å². The van der Waals surface area contributed by atoms with Crippen LogP contribution in [0, 0.1) is 12.7 Å². The summed E-state index contributed by atoms with van der Waals surface area (Å²) in [5, 5.41) is 5.64. The summed E-state index contributed by atoms with van der Waals surface area (Å²) in [7, 11) is 0. The van der Waals surface area contributed by atoms with Gasteiger partial charge in [-0.05, 0) is 36.6 Å². The maximum absolute atomic E-state index is 13.2. The minimum atomic E-state index is -0.242. The first-order valence-corrected chi connectivity index (χ1v) is 6.90. The number of amides is 2. The highest BCUT2D eigenvalue weighted by atomic mass is 19.1. The van der Waals surface area contributed by atoms with Crippen LogP contribution in [0.15, 0.2) is 48.5 Å². The quantitative estimate of drug-likeness (QED) is 0.884. The van der Waals surface area contributed by atoms with Crippen molar-refractivity contribution < 1.29 is 9.18 Å². The molecule has 3 nitrogen and oxygen atoms in total. The third-order valence-electron chi connectivity index (χ3n) is 3.32. The molecule has 21 heavy (non-hydrogen) atoms. The first-order chi connectivity index (χ1) is 10.1. The molecule has 0 radical (unpaired) electrons. The summed E-state index contributed by atoms with van der Waals surface area (Å²) in [6, 6.07) is 14.3. The molecule has 0 saturated heterocycles. The van der Waals surface area contributed by atoms with Gasteiger partial charge in [-0.1, -0.05) is 42.5 Å². The predicted octanol–water partition coefficient (Wildman–Crippen LogP) is 3.69. The molecule has 2 N–H and O–H groups in total. The number of halogens is 1. The van der Waals surface area contributed by atoms with Crippen molar-refractivity contribution in [3.8, 4) is 0 Å². The van der Waals surface area contributed by atoms with E-state index in [1.165, 1.54) is 6.07 Å². The zero-order valence-electron chi connectivity index (χ0n) is 12.2. The maximum atomic E-state index is 13.2. The highest BCUT2D eigenvalue weighted by molar-refractivity contribution is 5.74. The lowest BCUT2D eigenvalue weighted by Gasteiger charge is -2.15. The van der Waals surface area contributed by atoms with Crippen molar-refractivity contribution in [3.05, 3.63) is 71.0 Å². The van der Waals surface area contributed by atoms with Crippen LogP contribution in [0.1, 0.15) is 29.7 Å². The van der Waals surface area contributed by atoms with E-state index >= 15 is 0 Å². The van der Waals surface area contributed by atoms with Gasteiger partial charge in [-0.25, -0.2) is 9.18 Å². The summed E-state index contributed by atoms with van der Waals surface area (Å²) in [4.78, 5) is 11.9. The zero-order chi connectivity index (χ0) is 15.2. The molecule has 0 aromatic heterocycles. The van der Waals surface area contributed by atoms with E-state index in [0.717, 1.165) is 11.1 Å². The fraction of sp³-hybridized carbons (Fsp3) is 0.235. The van der Waals surface area contributed by atoms with Gasteiger partial charge in [0, 0.05) is 6.54 Å². The van der Waals surface area contributed by atoms with Gasteiger partial charge in [0.15, 0.2) is 0 Å². The molecule has 110 valence electrons. The van der Waals surface area contributed by atoms with E-state index in [1.807, 2.05) is 37.3 Å². The second kappa shape index (κ2) is 6.88. The van der Waals surface area contributed by atoms with Crippen molar-refractivity contribution in [2.24, 2.45) is 0 Å². The minimum absolute atomic E-state index is 0.0684. The molecule has 0 aliphatic rings. The molecule has 2 rings (SSSR count). The molecule has 0 aliphatic heterocycles. The van der Waals surface area contributed by atoms with Crippen LogP contribution in [-0.2, 0) is 6.54 Å². The van der Waals surface area contributed by atoms with Crippen molar-refractivity contribution >= 4 is 6.03 Å². The van der Waals surface area contributed by atoms with Crippen LogP contribution in [-0.4, -0.2) is 6.03 Å². The van der Waals surface area contributed by atoms with Gasteiger partial charge in [0.2, 0.25) is 0 Å². The molecule has 1 atom stereocenters. The summed E-state index contributed by atoms with van der Waals surface area (Å²) >= 11 is 0. The van der Waals surface area contributed by atoms with Crippen molar-refractivity contribution in [2.75, 3.05) is 0 Å². The molecular formula is C17H19FN2O. The SMILES string of the molecule is Cc1cc(CNC(=O)NC(C)c2ccccc2)ccc1F. The number of hydrogen-bond donors (Lipinski definition) is 2. The standard InChI is InChI=1S/C17H19FN2O/c1-12-10-14(8-9-16(12)18)11-19-17(21)20-13(2)15-6-4-3-5-7-15/h3-10,13H,11H2,1-2H3,(H2,19,20,21). The van der Waals surface area contributed by atoms with Gasteiger partial charge in [-0.3, -0.25) is 0 Å². The Morgan fingerprint density at radius 1 is 1.19 bits per heavy atom. The lowest BCUT2D eigenvalue weighted by Crippen LogP contribution is -2.36. The number of rotatable bonds is 4. The van der Waals surface area contributed by atoms with Crippen LogP contribution in [0.2, 0.25) is 0 Å². The molecule has 0 fully saturated rings. The summed E-state index contributed by atoms with van der Waals surface area (Å²) in [5.41, 5.74) is 2.49. The van der Waals surface area contributed by atoms with E-state index in [4.69, 9.17) is 0 Å². The lowest BCUT2D eigenvalue weighted by atomic mass is 10.1. The highest BCUT2D eigenvalue weighted by Crippen LogP contribution is 2.11. The van der Waals surface area contributed by atoms with Crippen LogP contribution in [0.25, 0.3) is 0 Å². The van der Waals surface area contributed by atoms with E-state index in [9.17, 15) is 9.18 Å². The van der Waals surface area contributed by atoms with Crippen LogP contribution in [0.5, 0.6) is 0 Å². The first-order valence-electron chi connectivity index (χ1n) is 6.90. The summed E-state index contributed by atoms with van der Waals surface area (Å²) in [6.45, 7) is 4.00. The average Bonchev–Trinajstić information content (AvgIpc) is 2.49. The molecular weight excluding hydrogens is 267 g/mol. The molecule has 4 heteroatoms. The monoisotopic (exact) mass is 286 g/mol. The van der Waals surface area contributed by atoms with Crippen molar-refractivity contribution in [3.63, 3.8) is 0 Å². The third-order valence-corrected chi connectivity index (χ3v) is 3.32. The molecule has 2 aromatic rings. The Morgan fingerprint density at radius 3 is 2.57 bits per heavy atom. The van der Waals surface area contributed by atoms with Crippen molar-refractivity contribution in [1.29, 1.82) is 0 Å². The number of carbonyl (C=O) groups is 1. The van der Waals surface area contributed by atoms with Gasteiger partial charge in [0.1, 0.15) is 5.82 Å². The van der Waals surface area contributed by atoms with Crippen LogP contribution in [0.4, 0.5) is 9.18 Å². The summed E-state index contributed by atoms with van der Waals surface area (Å²) < 4.78 is 13.2. The average molecular weight is 286 g/mol. The number of aryl methyl sites for hydroxylation is 1. The Labute approximate surface area is 124 Å². The van der Waals surface area contributed by atoms with Crippen molar-refractivity contribution in [2.45, 2.75) is 26.4 Å². The second-order valence-electron chi connectivity index (χ2n) is 5.04. The normalized spacial score (nSPS) is 11.8. The molecule has 0 heterocycles. The Bertz CT molecular complexity index is 613. The third kappa shape index (κ3) is 4.31. The van der Waals surface area contributed by atoms with Gasteiger partial charge >= 0.3 is 6.03 Å². The van der Waals surface area contributed by atoms with Gasteiger partial charge < -0.3 is 10.6 Å². The molecule has 2 aromatic carbocycles. The van der Waals surface area contributed by atoms with Gasteiger partial charge in [-0.2, -0.15) is 0 Å². The maximum Gasteiger partial charge on any atom is 0.315 e. The van der Waals surface area contributed by atoms with Crippen LogP contribution < -0.4 is 10.6 Å². The molecule has 1 unspecified atom stereocenters. The van der Waals surface area contributed by atoms with Crippen LogP contribution in [0.3, 0.4) is 0 Å². The molecule has 0 aliphatic carbocycles. The highest BCUT2D eigenvalue weighted by Gasteiger charge is 2.08. The molecule has 0 saturated carbocycles. The topological polar surface area (TPSA) is 41.1 Å². The Morgan fingerprint density at radius 2 is 1.90 bits per heavy atom. The number of hydrogen-bond acceptors (Lipinski definition) is 1. The molecule has 0 bridgehead atoms. The van der Waals surface area contributed by atoms with Crippen LogP contribution >= 0.6 is 0 Å².